The lowest BCUT2D eigenvalue weighted by atomic mass is 10.1. The molecule has 140 valence electrons. The second kappa shape index (κ2) is 7.45. The SMILES string of the molecule is COc1ccc(NC(=O)[C@@H]2CC(=O)N(c3ccccc3C)C2)c([N+](=O)[O-])c1. The van der Waals surface area contributed by atoms with E-state index in [2.05, 4.69) is 5.32 Å². The maximum absolute atomic E-state index is 12.6. The molecular formula is C19H19N3O5. The molecule has 8 nitrogen and oxygen atoms in total. The third-order valence-corrected chi connectivity index (χ3v) is 4.56. The molecule has 8 heteroatoms. The summed E-state index contributed by atoms with van der Waals surface area (Å²) in [7, 11) is 1.40. The van der Waals surface area contributed by atoms with E-state index in [0.29, 0.717) is 5.75 Å². The fraction of sp³-hybridized carbons (Fsp3) is 0.263. The Hall–Kier alpha value is -3.42. The van der Waals surface area contributed by atoms with Gasteiger partial charge in [0.15, 0.2) is 0 Å². The van der Waals surface area contributed by atoms with Crippen molar-refractivity contribution in [3.05, 3.63) is 58.1 Å². The van der Waals surface area contributed by atoms with E-state index in [4.69, 9.17) is 4.74 Å². The molecule has 1 N–H and O–H groups in total. The highest BCUT2D eigenvalue weighted by molar-refractivity contribution is 6.04. The number of methoxy groups -OCH3 is 1. The number of benzene rings is 2. The van der Waals surface area contributed by atoms with Crippen LogP contribution in [-0.2, 0) is 9.59 Å². The lowest BCUT2D eigenvalue weighted by molar-refractivity contribution is -0.384. The molecule has 0 spiro atoms. The molecule has 1 saturated heterocycles. The molecule has 27 heavy (non-hydrogen) atoms. The highest BCUT2D eigenvalue weighted by Gasteiger charge is 2.36. The maximum Gasteiger partial charge on any atom is 0.296 e. The average molecular weight is 369 g/mol. The van der Waals surface area contributed by atoms with Gasteiger partial charge in [-0.3, -0.25) is 19.7 Å². The van der Waals surface area contributed by atoms with Gasteiger partial charge in [0, 0.05) is 18.7 Å². The molecule has 1 heterocycles. The van der Waals surface area contributed by atoms with Crippen molar-refractivity contribution in [1.29, 1.82) is 0 Å². The topological polar surface area (TPSA) is 102 Å². The fourth-order valence-corrected chi connectivity index (χ4v) is 3.11. The third-order valence-electron chi connectivity index (χ3n) is 4.56. The maximum atomic E-state index is 12.6. The number of aryl methyl sites for hydroxylation is 1. The Morgan fingerprint density at radius 3 is 2.70 bits per heavy atom. The molecule has 2 amide bonds. The molecular weight excluding hydrogens is 350 g/mol. The first-order valence-corrected chi connectivity index (χ1v) is 8.40. The first kappa shape index (κ1) is 18.4. The molecule has 0 radical (unpaired) electrons. The van der Waals surface area contributed by atoms with Crippen molar-refractivity contribution in [2.24, 2.45) is 5.92 Å². The molecule has 0 bridgehead atoms. The van der Waals surface area contributed by atoms with E-state index in [1.165, 1.54) is 25.3 Å². The van der Waals surface area contributed by atoms with Crippen LogP contribution in [0.1, 0.15) is 12.0 Å². The van der Waals surface area contributed by atoms with E-state index < -0.39 is 16.7 Å². The number of hydrogen-bond donors (Lipinski definition) is 1. The van der Waals surface area contributed by atoms with Gasteiger partial charge in [-0.1, -0.05) is 18.2 Å². The number of nitrogens with zero attached hydrogens (tertiary/aromatic N) is 2. The van der Waals surface area contributed by atoms with Crippen molar-refractivity contribution in [2.45, 2.75) is 13.3 Å². The van der Waals surface area contributed by atoms with Gasteiger partial charge >= 0.3 is 0 Å². The zero-order valence-electron chi connectivity index (χ0n) is 15.0. The Bertz CT molecular complexity index is 912. The van der Waals surface area contributed by atoms with E-state index in [1.807, 2.05) is 31.2 Å². The Morgan fingerprint density at radius 1 is 1.30 bits per heavy atom. The van der Waals surface area contributed by atoms with Crippen molar-refractivity contribution >= 4 is 28.9 Å². The van der Waals surface area contributed by atoms with Gasteiger partial charge in [-0.05, 0) is 30.7 Å². The van der Waals surface area contributed by atoms with E-state index in [9.17, 15) is 19.7 Å². The number of nitro groups is 1. The Labute approximate surface area is 155 Å². The minimum atomic E-state index is -0.586. The summed E-state index contributed by atoms with van der Waals surface area (Å²) in [4.78, 5) is 37.2. The predicted octanol–water partition coefficient (Wildman–Crippen LogP) is 2.90. The van der Waals surface area contributed by atoms with Crippen LogP contribution in [0.25, 0.3) is 0 Å². The van der Waals surface area contributed by atoms with Gasteiger partial charge in [0.25, 0.3) is 5.69 Å². The van der Waals surface area contributed by atoms with Gasteiger partial charge in [0.05, 0.1) is 24.0 Å². The van der Waals surface area contributed by atoms with Crippen LogP contribution in [0.2, 0.25) is 0 Å². The molecule has 2 aromatic carbocycles. The molecule has 2 aromatic rings. The van der Waals surface area contributed by atoms with Gasteiger partial charge < -0.3 is 15.0 Å². The van der Waals surface area contributed by atoms with Crippen molar-refractivity contribution in [2.75, 3.05) is 23.9 Å². The minimum absolute atomic E-state index is 0.0596. The molecule has 0 unspecified atom stereocenters. The third kappa shape index (κ3) is 3.74. The number of hydrogen-bond acceptors (Lipinski definition) is 5. The molecule has 1 atom stereocenters. The van der Waals surface area contributed by atoms with Crippen LogP contribution < -0.4 is 15.0 Å². The van der Waals surface area contributed by atoms with Crippen LogP contribution >= 0.6 is 0 Å². The van der Waals surface area contributed by atoms with Gasteiger partial charge in [-0.2, -0.15) is 0 Å². The number of rotatable bonds is 5. The standard InChI is InChI=1S/C19H19N3O5/c1-12-5-3-4-6-16(12)21-11-13(9-18(21)23)19(24)20-15-8-7-14(27-2)10-17(15)22(25)26/h3-8,10,13H,9,11H2,1-2H3,(H,20,24)/t13-/m1/s1. The summed E-state index contributed by atoms with van der Waals surface area (Å²) in [6.45, 7) is 2.14. The van der Waals surface area contributed by atoms with Crippen molar-refractivity contribution in [1.82, 2.24) is 0 Å². The van der Waals surface area contributed by atoms with Gasteiger partial charge in [-0.15, -0.1) is 0 Å². The molecule has 3 rings (SSSR count). The Kier molecular flexibility index (Phi) is 5.07. The van der Waals surface area contributed by atoms with E-state index >= 15 is 0 Å². The summed E-state index contributed by atoms with van der Waals surface area (Å²) in [6, 6.07) is 11.6. The molecule has 1 aliphatic heterocycles. The van der Waals surface area contributed by atoms with Crippen LogP contribution in [0, 0.1) is 23.0 Å². The number of carbonyl (C=O) groups excluding carboxylic acids is 2. The quantitative estimate of drug-likeness (QED) is 0.645. The fourth-order valence-electron chi connectivity index (χ4n) is 3.11. The average Bonchev–Trinajstić information content (AvgIpc) is 3.04. The lowest BCUT2D eigenvalue weighted by Crippen LogP contribution is -2.28. The second-order valence-electron chi connectivity index (χ2n) is 6.32. The summed E-state index contributed by atoms with van der Waals surface area (Å²) < 4.78 is 4.98. The summed E-state index contributed by atoms with van der Waals surface area (Å²) in [5.74, 6) is -0.832. The van der Waals surface area contributed by atoms with Crippen LogP contribution in [0.5, 0.6) is 5.75 Å². The number of ether oxygens (including phenoxy) is 1. The van der Waals surface area contributed by atoms with Crippen LogP contribution in [0.4, 0.5) is 17.1 Å². The molecule has 1 fully saturated rings. The number of nitrogens with one attached hydrogen (secondary N) is 1. The second-order valence-corrected chi connectivity index (χ2v) is 6.32. The van der Waals surface area contributed by atoms with E-state index in [-0.39, 0.29) is 30.2 Å². The predicted molar refractivity (Wildman–Crippen MR) is 99.9 cm³/mol. The monoisotopic (exact) mass is 369 g/mol. The van der Waals surface area contributed by atoms with Crippen LogP contribution in [0.15, 0.2) is 42.5 Å². The Morgan fingerprint density at radius 2 is 2.04 bits per heavy atom. The minimum Gasteiger partial charge on any atom is -0.496 e. The van der Waals surface area contributed by atoms with Gasteiger partial charge in [0.2, 0.25) is 11.8 Å². The van der Waals surface area contributed by atoms with Crippen LogP contribution in [0.3, 0.4) is 0 Å². The summed E-state index contributed by atoms with van der Waals surface area (Å²) in [5, 5.41) is 13.8. The first-order valence-electron chi connectivity index (χ1n) is 8.40. The van der Waals surface area contributed by atoms with E-state index in [1.54, 1.807) is 4.90 Å². The summed E-state index contributed by atoms with van der Waals surface area (Å²) in [6.07, 6.45) is 0.0596. The van der Waals surface area contributed by atoms with Crippen LogP contribution in [-0.4, -0.2) is 30.4 Å². The van der Waals surface area contributed by atoms with Crippen molar-refractivity contribution in [3.63, 3.8) is 0 Å². The molecule has 0 aromatic heterocycles. The number of nitro benzene ring substituents is 1. The molecule has 0 saturated carbocycles. The van der Waals surface area contributed by atoms with Gasteiger partial charge in [0.1, 0.15) is 11.4 Å². The Balaban J connectivity index is 1.77. The van der Waals surface area contributed by atoms with Gasteiger partial charge in [-0.25, -0.2) is 0 Å². The normalized spacial score (nSPS) is 16.3. The zero-order chi connectivity index (χ0) is 19.6. The molecule has 1 aliphatic rings. The highest BCUT2D eigenvalue weighted by Crippen LogP contribution is 2.31. The van der Waals surface area contributed by atoms with E-state index in [0.717, 1.165) is 11.3 Å². The lowest BCUT2D eigenvalue weighted by Gasteiger charge is -2.19. The number of amides is 2. The summed E-state index contributed by atoms with van der Waals surface area (Å²) in [5.41, 5.74) is 1.53. The number of para-hydroxylation sites is 1. The smallest absolute Gasteiger partial charge is 0.296 e. The van der Waals surface area contributed by atoms with Crippen molar-refractivity contribution in [3.8, 4) is 5.75 Å². The zero-order valence-corrected chi connectivity index (χ0v) is 15.0. The molecule has 0 aliphatic carbocycles. The number of anilines is 2. The largest absolute Gasteiger partial charge is 0.496 e. The van der Waals surface area contributed by atoms with Crippen molar-refractivity contribution < 1.29 is 19.2 Å². The summed E-state index contributed by atoms with van der Waals surface area (Å²) >= 11 is 0. The highest BCUT2D eigenvalue weighted by atomic mass is 16.6. The first-order chi connectivity index (χ1) is 12.9. The number of carbonyl (C=O) groups is 2.